The van der Waals surface area contributed by atoms with Crippen molar-refractivity contribution in [2.75, 3.05) is 80.0 Å². The Bertz CT molecular complexity index is 1240. The van der Waals surface area contributed by atoms with Crippen molar-refractivity contribution in [3.63, 3.8) is 0 Å². The molecule has 3 saturated heterocycles. The van der Waals surface area contributed by atoms with Gasteiger partial charge in [-0.05, 0) is 57.0 Å². The lowest BCUT2D eigenvalue weighted by atomic mass is 10.1. The number of hydrogen-bond acceptors (Lipinski definition) is 8. The van der Waals surface area contributed by atoms with Crippen LogP contribution in [0, 0.1) is 0 Å². The number of ether oxygens (including phenoxy) is 1. The van der Waals surface area contributed by atoms with E-state index in [0.717, 1.165) is 82.5 Å². The van der Waals surface area contributed by atoms with E-state index in [0.29, 0.717) is 16.9 Å². The first-order chi connectivity index (χ1) is 18.1. The number of benzene rings is 1. The van der Waals surface area contributed by atoms with Crippen LogP contribution in [-0.4, -0.2) is 91.0 Å². The van der Waals surface area contributed by atoms with Crippen molar-refractivity contribution in [1.29, 1.82) is 0 Å². The monoisotopic (exact) mass is 504 g/mol. The highest BCUT2D eigenvalue weighted by atomic mass is 16.5. The van der Waals surface area contributed by atoms with E-state index in [4.69, 9.17) is 9.72 Å². The fourth-order valence-electron chi connectivity index (χ4n) is 5.43. The van der Waals surface area contributed by atoms with E-state index < -0.39 is 0 Å². The second-order valence-electron chi connectivity index (χ2n) is 10.3. The summed E-state index contributed by atoms with van der Waals surface area (Å²) in [5, 5.41) is 11.2. The molecule has 0 unspecified atom stereocenters. The average molecular weight is 505 g/mol. The molecule has 1 aromatic carbocycles. The minimum Gasteiger partial charge on any atom is -0.381 e. The number of fused-ring (bicyclic) bond motifs is 1. The molecular weight excluding hydrogens is 468 g/mol. The van der Waals surface area contributed by atoms with Gasteiger partial charge in [0.15, 0.2) is 5.65 Å². The fourth-order valence-corrected chi connectivity index (χ4v) is 5.43. The number of nitrogens with one attached hydrogen (secondary N) is 2. The molecule has 0 radical (unpaired) electrons. The Balaban J connectivity index is 1.27. The van der Waals surface area contributed by atoms with Gasteiger partial charge in [-0.3, -0.25) is 4.79 Å². The third kappa shape index (κ3) is 5.21. The summed E-state index contributed by atoms with van der Waals surface area (Å²) >= 11 is 0. The minimum absolute atomic E-state index is 0.164. The summed E-state index contributed by atoms with van der Waals surface area (Å²) in [4.78, 5) is 25.5. The third-order valence-corrected chi connectivity index (χ3v) is 7.73. The van der Waals surface area contributed by atoms with Crippen LogP contribution in [0.5, 0.6) is 0 Å². The highest BCUT2D eigenvalue weighted by Gasteiger charge is 2.22. The second kappa shape index (κ2) is 10.5. The fraction of sp³-hybridized carbons (Fsp3) is 0.519. The van der Waals surface area contributed by atoms with Gasteiger partial charge in [0, 0.05) is 76.1 Å². The van der Waals surface area contributed by atoms with E-state index in [2.05, 4.69) is 49.6 Å². The van der Waals surface area contributed by atoms with Gasteiger partial charge in [0.1, 0.15) is 11.5 Å². The summed E-state index contributed by atoms with van der Waals surface area (Å²) < 4.78 is 7.26. The zero-order valence-electron chi connectivity index (χ0n) is 21.5. The lowest BCUT2D eigenvalue weighted by molar-refractivity contribution is 0.0904. The summed E-state index contributed by atoms with van der Waals surface area (Å²) in [5.74, 6) is 0.766. The highest BCUT2D eigenvalue weighted by molar-refractivity contribution is 6.09. The van der Waals surface area contributed by atoms with Crippen molar-refractivity contribution >= 4 is 34.4 Å². The molecule has 196 valence electrons. The van der Waals surface area contributed by atoms with Gasteiger partial charge in [-0.1, -0.05) is 0 Å². The molecule has 1 amide bonds. The molecule has 0 aliphatic carbocycles. The SMILES string of the molecule is CN1CCN(c2ccc(C(=O)Nc3cnn4ccc(N5CCCC5)nc34)c(NC3CCOCC3)c2)CC1. The Labute approximate surface area is 217 Å². The van der Waals surface area contributed by atoms with E-state index in [9.17, 15) is 4.79 Å². The van der Waals surface area contributed by atoms with Crippen molar-refractivity contribution in [3.05, 3.63) is 42.2 Å². The summed E-state index contributed by atoms with van der Waals surface area (Å²) in [5.41, 5.74) is 3.91. The van der Waals surface area contributed by atoms with Gasteiger partial charge in [0.05, 0.1) is 11.8 Å². The molecular formula is C27H36N8O2. The standard InChI is InChI=1S/C27H36N8O2/c1-32-12-14-33(15-13-32)21-4-5-22(23(18-21)29-20-7-16-37-17-8-20)27(36)30-24-19-28-35-11-6-25(31-26(24)35)34-9-2-3-10-34/h4-6,11,18-20,29H,2-3,7-10,12-17H2,1H3,(H,30,36). The molecule has 6 rings (SSSR count). The van der Waals surface area contributed by atoms with Crippen molar-refractivity contribution in [2.45, 2.75) is 31.7 Å². The Hall–Kier alpha value is -3.37. The van der Waals surface area contributed by atoms with Crippen LogP contribution in [0.2, 0.25) is 0 Å². The van der Waals surface area contributed by atoms with Crippen LogP contribution >= 0.6 is 0 Å². The topological polar surface area (TPSA) is 90.3 Å². The van der Waals surface area contributed by atoms with Gasteiger partial charge in [-0.25, -0.2) is 9.50 Å². The Kier molecular flexibility index (Phi) is 6.84. The van der Waals surface area contributed by atoms with E-state index in [1.54, 1.807) is 10.7 Å². The summed E-state index contributed by atoms with van der Waals surface area (Å²) in [7, 11) is 2.16. The van der Waals surface area contributed by atoms with Crippen LogP contribution in [0.3, 0.4) is 0 Å². The van der Waals surface area contributed by atoms with Gasteiger partial charge in [0.2, 0.25) is 0 Å². The van der Waals surface area contributed by atoms with E-state index >= 15 is 0 Å². The predicted octanol–water partition coefficient (Wildman–Crippen LogP) is 2.92. The first-order valence-electron chi connectivity index (χ1n) is 13.5. The number of carbonyl (C=O) groups is 1. The number of anilines is 4. The lowest BCUT2D eigenvalue weighted by Gasteiger charge is -2.34. The molecule has 0 atom stereocenters. The van der Waals surface area contributed by atoms with Gasteiger partial charge >= 0.3 is 0 Å². The molecule has 0 bridgehead atoms. The zero-order chi connectivity index (χ0) is 25.2. The van der Waals surface area contributed by atoms with Crippen LogP contribution in [-0.2, 0) is 4.74 Å². The summed E-state index contributed by atoms with van der Waals surface area (Å²) in [6, 6.07) is 8.42. The molecule has 0 spiro atoms. The molecule has 37 heavy (non-hydrogen) atoms. The molecule has 3 fully saturated rings. The summed E-state index contributed by atoms with van der Waals surface area (Å²) in [6.45, 7) is 7.53. The lowest BCUT2D eigenvalue weighted by Crippen LogP contribution is -2.44. The number of nitrogens with zero attached hydrogens (tertiary/aromatic N) is 6. The molecule has 0 saturated carbocycles. The van der Waals surface area contributed by atoms with Crippen LogP contribution in [0.15, 0.2) is 36.7 Å². The molecule has 5 heterocycles. The smallest absolute Gasteiger partial charge is 0.257 e. The Morgan fingerprint density at radius 2 is 1.76 bits per heavy atom. The molecule has 2 N–H and O–H groups in total. The summed E-state index contributed by atoms with van der Waals surface area (Å²) in [6.07, 6.45) is 7.81. The van der Waals surface area contributed by atoms with Crippen LogP contribution in [0.1, 0.15) is 36.0 Å². The normalized spacial score (nSPS) is 19.5. The molecule has 3 aromatic rings. The second-order valence-corrected chi connectivity index (χ2v) is 10.3. The Morgan fingerprint density at radius 3 is 2.54 bits per heavy atom. The van der Waals surface area contributed by atoms with Crippen molar-refractivity contribution in [1.82, 2.24) is 19.5 Å². The largest absolute Gasteiger partial charge is 0.381 e. The van der Waals surface area contributed by atoms with Crippen LogP contribution in [0.25, 0.3) is 5.65 Å². The molecule has 3 aliphatic heterocycles. The maximum absolute atomic E-state index is 13.6. The number of rotatable bonds is 6. The molecule has 10 nitrogen and oxygen atoms in total. The number of piperazine rings is 1. The Morgan fingerprint density at radius 1 is 0.973 bits per heavy atom. The maximum Gasteiger partial charge on any atom is 0.257 e. The number of likely N-dealkylation sites (N-methyl/N-ethyl adjacent to an activating group) is 1. The number of hydrogen-bond donors (Lipinski definition) is 2. The van der Waals surface area contributed by atoms with Gasteiger partial charge in [0.25, 0.3) is 5.91 Å². The minimum atomic E-state index is -0.164. The average Bonchev–Trinajstić information content (AvgIpc) is 3.60. The van der Waals surface area contributed by atoms with Crippen LogP contribution in [0.4, 0.5) is 22.9 Å². The zero-order valence-corrected chi connectivity index (χ0v) is 21.5. The van der Waals surface area contributed by atoms with Crippen molar-refractivity contribution < 1.29 is 9.53 Å². The van der Waals surface area contributed by atoms with Gasteiger partial charge < -0.3 is 30.1 Å². The van der Waals surface area contributed by atoms with Gasteiger partial charge in [-0.2, -0.15) is 5.10 Å². The number of carbonyl (C=O) groups excluding carboxylic acids is 1. The first-order valence-corrected chi connectivity index (χ1v) is 13.5. The van der Waals surface area contributed by atoms with Crippen molar-refractivity contribution in [3.8, 4) is 0 Å². The van der Waals surface area contributed by atoms with E-state index in [-0.39, 0.29) is 11.9 Å². The van der Waals surface area contributed by atoms with Gasteiger partial charge in [-0.15, -0.1) is 0 Å². The quantitative estimate of drug-likeness (QED) is 0.530. The highest BCUT2D eigenvalue weighted by Crippen LogP contribution is 2.29. The molecule has 10 heteroatoms. The van der Waals surface area contributed by atoms with E-state index in [1.807, 2.05) is 18.3 Å². The first kappa shape index (κ1) is 24.0. The molecule has 2 aromatic heterocycles. The third-order valence-electron chi connectivity index (χ3n) is 7.73. The van der Waals surface area contributed by atoms with Crippen molar-refractivity contribution in [2.24, 2.45) is 0 Å². The molecule has 3 aliphatic rings. The van der Waals surface area contributed by atoms with Crippen LogP contribution < -0.4 is 20.4 Å². The van der Waals surface area contributed by atoms with E-state index in [1.165, 1.54) is 12.8 Å². The maximum atomic E-state index is 13.6. The predicted molar refractivity (Wildman–Crippen MR) is 146 cm³/mol. The number of aromatic nitrogens is 3. The number of amides is 1.